The second kappa shape index (κ2) is 8.05. The lowest BCUT2D eigenvalue weighted by molar-refractivity contribution is 0.0787. The molecule has 0 spiro atoms. The lowest BCUT2D eigenvalue weighted by Crippen LogP contribution is -2.23. The Hall–Kier alpha value is -2.47. The molecule has 2 atom stereocenters. The zero-order valence-corrected chi connectivity index (χ0v) is 16.0. The topological polar surface area (TPSA) is 68.5 Å². The maximum atomic E-state index is 14.6. The first-order valence-electron chi connectivity index (χ1n) is 9.36. The van der Waals surface area contributed by atoms with Gasteiger partial charge >= 0.3 is 0 Å². The van der Waals surface area contributed by atoms with Crippen molar-refractivity contribution in [1.29, 1.82) is 0 Å². The third-order valence-electron chi connectivity index (χ3n) is 4.79. The van der Waals surface area contributed by atoms with Crippen LogP contribution in [0.15, 0.2) is 30.5 Å². The Balaban J connectivity index is 1.82. The molecule has 0 aliphatic carbocycles. The van der Waals surface area contributed by atoms with Gasteiger partial charge in [0.25, 0.3) is 5.91 Å². The number of halogens is 1. The fourth-order valence-electron chi connectivity index (χ4n) is 3.49. The maximum Gasteiger partial charge on any atom is 0.256 e. The van der Waals surface area contributed by atoms with Crippen molar-refractivity contribution < 1.29 is 13.9 Å². The summed E-state index contributed by atoms with van der Waals surface area (Å²) in [5.41, 5.74) is 8.45. The van der Waals surface area contributed by atoms with E-state index in [0.29, 0.717) is 36.4 Å². The molecule has 2 aromatic rings. The van der Waals surface area contributed by atoms with Crippen LogP contribution in [-0.2, 0) is 6.54 Å². The van der Waals surface area contributed by atoms with Gasteiger partial charge in [-0.15, -0.1) is 0 Å². The minimum absolute atomic E-state index is 0.0546. The Morgan fingerprint density at radius 2 is 2.11 bits per heavy atom. The lowest BCUT2D eigenvalue weighted by atomic mass is 9.99. The number of aromatic nitrogens is 1. The summed E-state index contributed by atoms with van der Waals surface area (Å²) in [6.45, 7) is 7.43. The van der Waals surface area contributed by atoms with Crippen molar-refractivity contribution in [3.63, 3.8) is 0 Å². The normalized spacial score (nSPS) is 15.6. The standard InChI is InChI=1S/C21H26FN3O2/c1-4-25-11-18-20(21(25)26)16(7-8-24-18)15-5-6-19(17(22)10-15)27-12-13(2)9-14(3)23/h5-8,10,13-14H,4,9,11-12,23H2,1-3H3. The maximum absolute atomic E-state index is 14.6. The predicted molar refractivity (Wildman–Crippen MR) is 103 cm³/mol. The first-order valence-corrected chi connectivity index (χ1v) is 9.36. The van der Waals surface area contributed by atoms with Crippen molar-refractivity contribution in [1.82, 2.24) is 9.88 Å². The molecule has 5 nitrogen and oxygen atoms in total. The fourth-order valence-corrected chi connectivity index (χ4v) is 3.49. The fraction of sp³-hybridized carbons (Fsp3) is 0.429. The molecular weight excluding hydrogens is 345 g/mol. The van der Waals surface area contributed by atoms with Gasteiger partial charge in [-0.25, -0.2) is 4.39 Å². The highest BCUT2D eigenvalue weighted by Crippen LogP contribution is 2.33. The van der Waals surface area contributed by atoms with Gasteiger partial charge in [-0.1, -0.05) is 13.0 Å². The number of hydrogen-bond acceptors (Lipinski definition) is 4. The van der Waals surface area contributed by atoms with E-state index in [0.717, 1.165) is 12.1 Å². The molecule has 0 bridgehead atoms. The number of amides is 1. The van der Waals surface area contributed by atoms with Crippen molar-refractivity contribution in [2.45, 2.75) is 39.8 Å². The second-order valence-corrected chi connectivity index (χ2v) is 7.27. The first-order chi connectivity index (χ1) is 12.9. The zero-order chi connectivity index (χ0) is 19.6. The molecule has 6 heteroatoms. The molecule has 0 saturated carbocycles. The summed E-state index contributed by atoms with van der Waals surface area (Å²) in [4.78, 5) is 18.6. The number of nitrogens with two attached hydrogens (primary N) is 1. The molecule has 1 aromatic heterocycles. The van der Waals surface area contributed by atoms with E-state index in [1.54, 1.807) is 29.3 Å². The molecule has 0 radical (unpaired) electrons. The van der Waals surface area contributed by atoms with Gasteiger partial charge in [0.15, 0.2) is 11.6 Å². The largest absolute Gasteiger partial charge is 0.490 e. The van der Waals surface area contributed by atoms with Crippen LogP contribution in [0.1, 0.15) is 43.2 Å². The quantitative estimate of drug-likeness (QED) is 0.807. The van der Waals surface area contributed by atoms with Crippen molar-refractivity contribution >= 4 is 5.91 Å². The molecule has 3 rings (SSSR count). The zero-order valence-electron chi connectivity index (χ0n) is 16.0. The van der Waals surface area contributed by atoms with E-state index in [4.69, 9.17) is 10.5 Å². The van der Waals surface area contributed by atoms with Gasteiger partial charge in [0.1, 0.15) is 0 Å². The molecular formula is C21H26FN3O2. The summed E-state index contributed by atoms with van der Waals surface area (Å²) in [6.07, 6.45) is 2.48. The average molecular weight is 371 g/mol. The molecule has 1 aliphatic heterocycles. The van der Waals surface area contributed by atoms with Crippen LogP contribution in [0.2, 0.25) is 0 Å². The lowest BCUT2D eigenvalue weighted by Gasteiger charge is -2.16. The number of hydrogen-bond donors (Lipinski definition) is 1. The number of fused-ring (bicyclic) bond motifs is 1. The SMILES string of the molecule is CCN1Cc2nccc(-c3ccc(OCC(C)CC(C)N)c(F)c3)c2C1=O. The van der Waals surface area contributed by atoms with Crippen molar-refractivity contribution in [3.05, 3.63) is 47.5 Å². The second-order valence-electron chi connectivity index (χ2n) is 7.27. The molecule has 1 aromatic carbocycles. The number of carbonyl (C=O) groups is 1. The smallest absolute Gasteiger partial charge is 0.256 e. The van der Waals surface area contributed by atoms with Crippen LogP contribution in [0.4, 0.5) is 4.39 Å². The Kier molecular flexibility index (Phi) is 5.75. The average Bonchev–Trinajstić information content (AvgIpc) is 2.96. The van der Waals surface area contributed by atoms with E-state index in [1.807, 2.05) is 20.8 Å². The summed E-state index contributed by atoms with van der Waals surface area (Å²) in [5.74, 6) is -0.0439. The highest BCUT2D eigenvalue weighted by Gasteiger charge is 2.30. The molecule has 1 aliphatic rings. The van der Waals surface area contributed by atoms with Crippen LogP contribution in [0.5, 0.6) is 5.75 Å². The molecule has 27 heavy (non-hydrogen) atoms. The van der Waals surface area contributed by atoms with E-state index < -0.39 is 5.82 Å². The van der Waals surface area contributed by atoms with Gasteiger partial charge in [-0.05, 0) is 55.5 Å². The number of pyridine rings is 1. The molecule has 144 valence electrons. The molecule has 2 unspecified atom stereocenters. The Morgan fingerprint density at radius 3 is 2.78 bits per heavy atom. The van der Waals surface area contributed by atoms with Gasteiger partial charge in [0, 0.05) is 18.8 Å². The summed E-state index contributed by atoms with van der Waals surface area (Å²) in [6, 6.07) is 6.67. The van der Waals surface area contributed by atoms with Crippen LogP contribution in [-0.4, -0.2) is 35.0 Å². The Bertz CT molecular complexity index is 838. The van der Waals surface area contributed by atoms with Gasteiger partial charge in [0.2, 0.25) is 0 Å². The number of rotatable bonds is 7. The van der Waals surface area contributed by atoms with Gasteiger partial charge in [-0.3, -0.25) is 9.78 Å². The van der Waals surface area contributed by atoms with Crippen LogP contribution < -0.4 is 10.5 Å². The number of nitrogens with zero attached hydrogens (tertiary/aromatic N) is 2. The Labute approximate surface area is 159 Å². The molecule has 2 N–H and O–H groups in total. The third kappa shape index (κ3) is 4.11. The van der Waals surface area contributed by atoms with Crippen LogP contribution in [0, 0.1) is 11.7 Å². The van der Waals surface area contributed by atoms with Gasteiger partial charge in [-0.2, -0.15) is 0 Å². The van der Waals surface area contributed by atoms with Crippen molar-refractivity contribution in [2.75, 3.05) is 13.2 Å². The van der Waals surface area contributed by atoms with E-state index >= 15 is 0 Å². The van der Waals surface area contributed by atoms with Gasteiger partial charge in [0.05, 0.1) is 24.4 Å². The van der Waals surface area contributed by atoms with E-state index in [9.17, 15) is 9.18 Å². The predicted octanol–water partition coefficient (Wildman–Crippen LogP) is 3.62. The molecule has 1 amide bonds. The Morgan fingerprint density at radius 1 is 1.33 bits per heavy atom. The van der Waals surface area contributed by atoms with E-state index in [1.165, 1.54) is 6.07 Å². The van der Waals surface area contributed by atoms with E-state index in [2.05, 4.69) is 4.98 Å². The van der Waals surface area contributed by atoms with Crippen LogP contribution >= 0.6 is 0 Å². The number of benzene rings is 1. The van der Waals surface area contributed by atoms with Crippen molar-refractivity contribution in [3.8, 4) is 16.9 Å². The van der Waals surface area contributed by atoms with Gasteiger partial charge < -0.3 is 15.4 Å². The highest BCUT2D eigenvalue weighted by molar-refractivity contribution is 6.04. The summed E-state index contributed by atoms with van der Waals surface area (Å²) < 4.78 is 20.2. The summed E-state index contributed by atoms with van der Waals surface area (Å²) in [5, 5.41) is 0. The number of ether oxygens (including phenoxy) is 1. The van der Waals surface area contributed by atoms with E-state index in [-0.39, 0.29) is 23.6 Å². The minimum Gasteiger partial charge on any atom is -0.490 e. The van der Waals surface area contributed by atoms with Crippen LogP contribution in [0.3, 0.4) is 0 Å². The summed E-state index contributed by atoms with van der Waals surface area (Å²) >= 11 is 0. The number of carbonyl (C=O) groups excluding carboxylic acids is 1. The highest BCUT2D eigenvalue weighted by atomic mass is 19.1. The van der Waals surface area contributed by atoms with Crippen LogP contribution in [0.25, 0.3) is 11.1 Å². The third-order valence-corrected chi connectivity index (χ3v) is 4.79. The van der Waals surface area contributed by atoms with Crippen molar-refractivity contribution in [2.24, 2.45) is 11.7 Å². The minimum atomic E-state index is -0.441. The first kappa shape index (κ1) is 19.3. The molecule has 0 fully saturated rings. The molecule has 2 heterocycles. The monoisotopic (exact) mass is 371 g/mol. The molecule has 0 saturated heterocycles. The summed E-state index contributed by atoms with van der Waals surface area (Å²) in [7, 11) is 0.